The summed E-state index contributed by atoms with van der Waals surface area (Å²) in [5.74, 6) is 0.613. The summed E-state index contributed by atoms with van der Waals surface area (Å²) in [5.41, 5.74) is 0.356. The van der Waals surface area contributed by atoms with E-state index in [9.17, 15) is 0 Å². The summed E-state index contributed by atoms with van der Waals surface area (Å²) in [4.78, 5) is 0. The summed E-state index contributed by atoms with van der Waals surface area (Å²) in [7, 11) is 0. The zero-order chi connectivity index (χ0) is 9.07. The van der Waals surface area contributed by atoms with Gasteiger partial charge in [-0.15, -0.1) is 0 Å². The van der Waals surface area contributed by atoms with Gasteiger partial charge in [0.2, 0.25) is 0 Å². The third-order valence-corrected chi connectivity index (χ3v) is 2.50. The molecular formula is C10H22O. The van der Waals surface area contributed by atoms with Crippen LogP contribution in [0.2, 0.25) is 0 Å². The molecule has 0 aliphatic rings. The minimum atomic E-state index is 0.356. The maximum Gasteiger partial charge on any atom is 0.0577 e. The van der Waals surface area contributed by atoms with Crippen LogP contribution in [0.1, 0.15) is 41.5 Å². The molecule has 0 aliphatic heterocycles. The standard InChI is InChI=1S/C10H22O/c1-7-11-9(3)8(2)10(4,5)6/h8-9H,7H2,1-6H3/t8-,9+/m0/s1. The van der Waals surface area contributed by atoms with Gasteiger partial charge in [-0.2, -0.15) is 0 Å². The molecule has 0 aliphatic carbocycles. The van der Waals surface area contributed by atoms with Crippen LogP contribution < -0.4 is 0 Å². The third-order valence-electron chi connectivity index (χ3n) is 2.50. The summed E-state index contributed by atoms with van der Waals surface area (Å²) in [6, 6.07) is 0. The maximum atomic E-state index is 5.53. The van der Waals surface area contributed by atoms with Gasteiger partial charge in [0.05, 0.1) is 6.10 Å². The molecule has 68 valence electrons. The Morgan fingerprint density at radius 2 is 1.64 bits per heavy atom. The van der Waals surface area contributed by atoms with Crippen LogP contribution in [0.4, 0.5) is 0 Å². The Morgan fingerprint density at radius 1 is 1.18 bits per heavy atom. The summed E-state index contributed by atoms with van der Waals surface area (Å²) in [6.45, 7) is 14.0. The minimum Gasteiger partial charge on any atom is -0.378 e. The minimum absolute atomic E-state index is 0.356. The third kappa shape index (κ3) is 3.76. The van der Waals surface area contributed by atoms with E-state index in [0.717, 1.165) is 6.61 Å². The van der Waals surface area contributed by atoms with Crippen LogP contribution in [0.5, 0.6) is 0 Å². The van der Waals surface area contributed by atoms with Gasteiger partial charge in [-0.05, 0) is 25.2 Å². The highest BCUT2D eigenvalue weighted by Gasteiger charge is 2.25. The fourth-order valence-electron chi connectivity index (χ4n) is 1.11. The predicted octanol–water partition coefficient (Wildman–Crippen LogP) is 3.09. The van der Waals surface area contributed by atoms with Gasteiger partial charge < -0.3 is 4.74 Å². The van der Waals surface area contributed by atoms with Gasteiger partial charge in [-0.3, -0.25) is 0 Å². The molecule has 0 amide bonds. The smallest absolute Gasteiger partial charge is 0.0577 e. The van der Waals surface area contributed by atoms with Crippen molar-refractivity contribution in [1.82, 2.24) is 0 Å². The summed E-state index contributed by atoms with van der Waals surface area (Å²) in [6.07, 6.45) is 0.375. The molecule has 0 rings (SSSR count). The Morgan fingerprint density at radius 3 is 1.91 bits per heavy atom. The normalized spacial score (nSPS) is 18.0. The van der Waals surface area contributed by atoms with Crippen molar-refractivity contribution in [3.05, 3.63) is 0 Å². The zero-order valence-corrected chi connectivity index (χ0v) is 8.77. The van der Waals surface area contributed by atoms with Crippen molar-refractivity contribution < 1.29 is 4.74 Å². The highest BCUT2D eigenvalue weighted by atomic mass is 16.5. The molecule has 0 heterocycles. The molecule has 1 nitrogen and oxygen atoms in total. The molecule has 0 radical (unpaired) electrons. The van der Waals surface area contributed by atoms with E-state index in [4.69, 9.17) is 4.74 Å². The molecule has 0 aromatic heterocycles. The van der Waals surface area contributed by atoms with E-state index < -0.39 is 0 Å². The van der Waals surface area contributed by atoms with Crippen molar-refractivity contribution in [2.75, 3.05) is 6.61 Å². The lowest BCUT2D eigenvalue weighted by molar-refractivity contribution is 0.00103. The van der Waals surface area contributed by atoms with Crippen molar-refractivity contribution in [2.45, 2.75) is 47.6 Å². The first-order valence-corrected chi connectivity index (χ1v) is 4.51. The van der Waals surface area contributed by atoms with E-state index in [1.165, 1.54) is 0 Å². The Labute approximate surface area is 71.1 Å². The topological polar surface area (TPSA) is 9.23 Å². The van der Waals surface area contributed by atoms with Gasteiger partial charge in [-0.25, -0.2) is 0 Å². The summed E-state index contributed by atoms with van der Waals surface area (Å²) >= 11 is 0. The monoisotopic (exact) mass is 158 g/mol. The highest BCUT2D eigenvalue weighted by Crippen LogP contribution is 2.29. The fraction of sp³-hybridized carbons (Fsp3) is 1.00. The van der Waals surface area contributed by atoms with E-state index in [2.05, 4.69) is 34.6 Å². The molecule has 0 aromatic carbocycles. The van der Waals surface area contributed by atoms with Crippen molar-refractivity contribution in [2.24, 2.45) is 11.3 Å². The van der Waals surface area contributed by atoms with Crippen LogP contribution in [-0.4, -0.2) is 12.7 Å². The SMILES string of the molecule is CCO[C@H](C)[C@H](C)C(C)(C)C. The van der Waals surface area contributed by atoms with Gasteiger partial charge >= 0.3 is 0 Å². The molecule has 0 fully saturated rings. The first-order chi connectivity index (χ1) is 4.89. The molecule has 1 heteroatoms. The Bertz CT molecular complexity index is 102. The lowest BCUT2D eigenvalue weighted by Crippen LogP contribution is -2.29. The van der Waals surface area contributed by atoms with Gasteiger partial charge in [0.1, 0.15) is 0 Å². The molecule has 0 saturated heterocycles. The van der Waals surface area contributed by atoms with E-state index in [-0.39, 0.29) is 0 Å². The first kappa shape index (κ1) is 11.0. The second-order valence-electron chi connectivity index (χ2n) is 4.32. The van der Waals surface area contributed by atoms with E-state index in [0.29, 0.717) is 17.4 Å². The van der Waals surface area contributed by atoms with Crippen molar-refractivity contribution in [3.8, 4) is 0 Å². The molecule has 11 heavy (non-hydrogen) atoms. The average Bonchev–Trinajstić information content (AvgIpc) is 1.85. The average molecular weight is 158 g/mol. The summed E-state index contributed by atoms with van der Waals surface area (Å²) in [5, 5.41) is 0. The van der Waals surface area contributed by atoms with Crippen molar-refractivity contribution in [1.29, 1.82) is 0 Å². The van der Waals surface area contributed by atoms with Gasteiger partial charge in [-0.1, -0.05) is 27.7 Å². The van der Waals surface area contributed by atoms with Crippen LogP contribution in [-0.2, 0) is 4.74 Å². The number of hydrogen-bond donors (Lipinski definition) is 0. The largest absolute Gasteiger partial charge is 0.378 e. The van der Waals surface area contributed by atoms with Gasteiger partial charge in [0.15, 0.2) is 0 Å². The Hall–Kier alpha value is -0.0400. The number of rotatable bonds is 3. The van der Waals surface area contributed by atoms with E-state index in [1.54, 1.807) is 0 Å². The first-order valence-electron chi connectivity index (χ1n) is 4.51. The molecule has 0 spiro atoms. The fourth-order valence-corrected chi connectivity index (χ4v) is 1.11. The maximum absolute atomic E-state index is 5.53. The van der Waals surface area contributed by atoms with Crippen LogP contribution in [0.3, 0.4) is 0 Å². The Kier molecular flexibility index (Phi) is 4.09. The Balaban J connectivity index is 3.91. The van der Waals surface area contributed by atoms with E-state index >= 15 is 0 Å². The molecule has 0 bridgehead atoms. The van der Waals surface area contributed by atoms with Crippen LogP contribution in [0, 0.1) is 11.3 Å². The molecule has 0 unspecified atom stereocenters. The lowest BCUT2D eigenvalue weighted by Gasteiger charge is -2.32. The second-order valence-corrected chi connectivity index (χ2v) is 4.32. The zero-order valence-electron chi connectivity index (χ0n) is 8.77. The summed E-state index contributed by atoms with van der Waals surface area (Å²) < 4.78 is 5.53. The molecule has 0 aromatic rings. The van der Waals surface area contributed by atoms with Gasteiger partial charge in [0.25, 0.3) is 0 Å². The van der Waals surface area contributed by atoms with Crippen LogP contribution in [0.25, 0.3) is 0 Å². The van der Waals surface area contributed by atoms with E-state index in [1.807, 2.05) is 6.92 Å². The van der Waals surface area contributed by atoms with Crippen molar-refractivity contribution in [3.63, 3.8) is 0 Å². The lowest BCUT2D eigenvalue weighted by atomic mass is 9.79. The number of hydrogen-bond acceptors (Lipinski definition) is 1. The number of ether oxygens (including phenoxy) is 1. The van der Waals surface area contributed by atoms with Crippen molar-refractivity contribution >= 4 is 0 Å². The van der Waals surface area contributed by atoms with Crippen LogP contribution in [0.15, 0.2) is 0 Å². The quantitative estimate of drug-likeness (QED) is 0.613. The molecule has 0 N–H and O–H groups in total. The molecule has 0 saturated carbocycles. The van der Waals surface area contributed by atoms with Gasteiger partial charge in [0, 0.05) is 6.61 Å². The second kappa shape index (κ2) is 4.10. The predicted molar refractivity (Wildman–Crippen MR) is 49.7 cm³/mol. The molecular weight excluding hydrogens is 136 g/mol. The molecule has 2 atom stereocenters. The highest BCUT2D eigenvalue weighted by molar-refractivity contribution is 4.74. The van der Waals surface area contributed by atoms with Crippen LogP contribution >= 0.6 is 0 Å².